The first-order valence-corrected chi connectivity index (χ1v) is 14.3. The molecule has 3 aliphatic rings. The summed E-state index contributed by atoms with van der Waals surface area (Å²) in [5.74, 6) is 2.60. The Hall–Kier alpha value is -2.20. The second-order valence-electron chi connectivity index (χ2n) is 11.1. The molecule has 2 aromatic rings. The van der Waals surface area contributed by atoms with Crippen LogP contribution in [0.25, 0.3) is 0 Å². The fourth-order valence-electron chi connectivity index (χ4n) is 6.81. The number of hydrogen-bond donors (Lipinski definition) is 0. The van der Waals surface area contributed by atoms with E-state index in [1.54, 1.807) is 0 Å². The first-order chi connectivity index (χ1) is 17.6. The van der Waals surface area contributed by atoms with Crippen LogP contribution in [0.2, 0.25) is 0 Å². The predicted molar refractivity (Wildman–Crippen MR) is 149 cm³/mol. The summed E-state index contributed by atoms with van der Waals surface area (Å²) in [5, 5.41) is 10.6. The summed E-state index contributed by atoms with van der Waals surface area (Å²) in [6, 6.07) is 22.1. The molecule has 2 aromatic carbocycles. The monoisotopic (exact) mass is 504 g/mol. The van der Waals surface area contributed by atoms with Crippen LogP contribution in [0.1, 0.15) is 44.1 Å². The summed E-state index contributed by atoms with van der Waals surface area (Å²) in [7, 11) is 3.95. The molecule has 36 heavy (non-hydrogen) atoms. The highest BCUT2D eigenvalue weighted by Gasteiger charge is 2.48. The van der Waals surface area contributed by atoms with E-state index in [4.69, 9.17) is 4.18 Å². The van der Waals surface area contributed by atoms with Crippen molar-refractivity contribution in [1.82, 2.24) is 9.21 Å². The molecule has 3 fully saturated rings. The van der Waals surface area contributed by atoms with E-state index in [0.717, 1.165) is 50.7 Å². The van der Waals surface area contributed by atoms with Crippen molar-refractivity contribution < 1.29 is 4.18 Å². The highest BCUT2D eigenvalue weighted by molar-refractivity contribution is 7.92. The molecule has 1 unspecified atom stereocenters. The Kier molecular flexibility index (Phi) is 8.10. The van der Waals surface area contributed by atoms with Gasteiger partial charge < -0.3 is 14.0 Å². The number of piperidine rings is 1. The van der Waals surface area contributed by atoms with Gasteiger partial charge in [0, 0.05) is 45.3 Å². The zero-order valence-electron chi connectivity index (χ0n) is 21.8. The second-order valence-corrected chi connectivity index (χ2v) is 12.2. The maximum absolute atomic E-state index is 10.6. The minimum atomic E-state index is -0.307. The lowest BCUT2D eigenvalue weighted by atomic mass is 9.60. The molecule has 0 bridgehead atoms. The molecule has 1 atom stereocenters. The average molecular weight is 505 g/mol. The molecule has 0 aromatic heterocycles. The van der Waals surface area contributed by atoms with Crippen LogP contribution in [0.4, 0.5) is 5.69 Å². The summed E-state index contributed by atoms with van der Waals surface area (Å²) in [6.45, 7) is 5.68. The van der Waals surface area contributed by atoms with Crippen LogP contribution >= 0.6 is 12.2 Å². The lowest BCUT2D eigenvalue weighted by Crippen LogP contribution is -2.53. The predicted octanol–water partition coefficient (Wildman–Crippen LogP) is 5.99. The molecule has 2 heterocycles. The molecule has 0 radical (unpaired) electrons. The summed E-state index contributed by atoms with van der Waals surface area (Å²) in [4.78, 5) is 5.13. The summed E-state index contributed by atoms with van der Waals surface area (Å²) < 4.78 is 7.61. The van der Waals surface area contributed by atoms with Crippen LogP contribution in [0.5, 0.6) is 5.75 Å². The number of nitrogens with zero attached hydrogens (tertiary/aromatic N) is 4. The van der Waals surface area contributed by atoms with Gasteiger partial charge in [-0.15, -0.1) is 0 Å². The van der Waals surface area contributed by atoms with Gasteiger partial charge >= 0.3 is 0 Å². The van der Waals surface area contributed by atoms with E-state index in [-0.39, 0.29) is 5.41 Å². The van der Waals surface area contributed by atoms with Crippen LogP contribution in [0.3, 0.4) is 0 Å². The van der Waals surface area contributed by atoms with Gasteiger partial charge in [0.05, 0.1) is 11.5 Å². The third kappa shape index (κ3) is 5.39. The Morgan fingerprint density at radius 3 is 2.19 bits per heavy atom. The van der Waals surface area contributed by atoms with Gasteiger partial charge in [-0.3, -0.25) is 0 Å². The van der Waals surface area contributed by atoms with E-state index >= 15 is 0 Å². The molecular weight excluding hydrogens is 464 g/mol. The maximum atomic E-state index is 10.6. The number of nitriles is 1. The maximum Gasteiger partial charge on any atom is 0.146 e. The van der Waals surface area contributed by atoms with Crippen LogP contribution in [0.15, 0.2) is 54.6 Å². The first kappa shape index (κ1) is 25.4. The van der Waals surface area contributed by atoms with Gasteiger partial charge in [-0.2, -0.15) is 5.26 Å². The number of anilines is 1. The lowest BCUT2D eigenvalue weighted by Gasteiger charge is -2.47. The minimum absolute atomic E-state index is 0.307. The van der Waals surface area contributed by atoms with E-state index in [2.05, 4.69) is 70.5 Å². The van der Waals surface area contributed by atoms with E-state index in [9.17, 15) is 5.26 Å². The van der Waals surface area contributed by atoms with Crippen LogP contribution < -0.4 is 9.08 Å². The van der Waals surface area contributed by atoms with Crippen LogP contribution in [-0.4, -0.2) is 56.0 Å². The standard InChI is InChI=1S/C30H40N4OS/c1-32(2)36-35-29-14-12-28(13-15-29)34-21-24(22-34)20-33-18-16-27(17-19-33)30(23-31,26-10-6-7-11-26)25-8-4-3-5-9-25/h3-5,8-9,12-15,24,26-27H,6-7,10-11,16-22H2,1-2H3. The van der Waals surface area contributed by atoms with Gasteiger partial charge in [-0.1, -0.05) is 43.2 Å². The van der Waals surface area contributed by atoms with Crippen molar-refractivity contribution in [2.24, 2.45) is 17.8 Å². The zero-order valence-corrected chi connectivity index (χ0v) is 22.6. The van der Waals surface area contributed by atoms with Gasteiger partial charge in [-0.05, 0) is 80.4 Å². The van der Waals surface area contributed by atoms with Crippen molar-refractivity contribution >= 4 is 17.9 Å². The fraction of sp³-hybridized carbons (Fsp3) is 0.567. The SMILES string of the molecule is CN(C)SOc1ccc(N2CC(CN3CCC(C(C#N)(c4ccccc4)C4CCCC4)CC3)C2)cc1. The van der Waals surface area contributed by atoms with Gasteiger partial charge in [0.1, 0.15) is 18.0 Å². The average Bonchev–Trinajstić information content (AvgIpc) is 3.43. The van der Waals surface area contributed by atoms with Crippen molar-refractivity contribution in [3.63, 3.8) is 0 Å². The molecule has 0 amide bonds. The molecule has 1 aliphatic carbocycles. The topological polar surface area (TPSA) is 42.7 Å². The van der Waals surface area contributed by atoms with Gasteiger partial charge in [0.2, 0.25) is 0 Å². The second kappa shape index (κ2) is 11.5. The van der Waals surface area contributed by atoms with E-state index in [1.807, 2.05) is 18.4 Å². The normalized spacial score (nSPS) is 21.8. The van der Waals surface area contributed by atoms with Crippen molar-refractivity contribution in [3.05, 3.63) is 60.2 Å². The molecule has 2 aliphatic heterocycles. The van der Waals surface area contributed by atoms with Gasteiger partial charge in [0.15, 0.2) is 0 Å². The summed E-state index contributed by atoms with van der Waals surface area (Å²) in [5.41, 5.74) is 2.24. The molecule has 6 heteroatoms. The molecule has 2 saturated heterocycles. The Morgan fingerprint density at radius 2 is 1.58 bits per heavy atom. The van der Waals surface area contributed by atoms with Gasteiger partial charge in [0.25, 0.3) is 0 Å². The fourth-order valence-corrected chi connectivity index (χ4v) is 7.16. The third-order valence-electron chi connectivity index (χ3n) is 8.63. The summed E-state index contributed by atoms with van der Waals surface area (Å²) >= 11 is 1.34. The number of likely N-dealkylation sites (tertiary alicyclic amines) is 1. The minimum Gasteiger partial charge on any atom is -0.409 e. The van der Waals surface area contributed by atoms with Crippen LogP contribution in [0, 0.1) is 29.1 Å². The Balaban J connectivity index is 1.13. The summed E-state index contributed by atoms with van der Waals surface area (Å²) in [6.07, 6.45) is 7.26. The number of hydrogen-bond acceptors (Lipinski definition) is 6. The van der Waals surface area contributed by atoms with Crippen molar-refractivity contribution in [1.29, 1.82) is 5.26 Å². The number of rotatable bonds is 9. The molecular formula is C30H40N4OS. The quantitative estimate of drug-likeness (QED) is 0.309. The molecule has 192 valence electrons. The number of benzene rings is 2. The molecule has 1 saturated carbocycles. The van der Waals surface area contributed by atoms with Crippen molar-refractivity contribution in [2.75, 3.05) is 51.7 Å². The van der Waals surface area contributed by atoms with Crippen molar-refractivity contribution in [3.8, 4) is 11.8 Å². The van der Waals surface area contributed by atoms with E-state index < -0.39 is 0 Å². The van der Waals surface area contributed by atoms with Gasteiger partial charge in [-0.25, -0.2) is 4.31 Å². The lowest BCUT2D eigenvalue weighted by molar-refractivity contribution is 0.103. The molecule has 0 spiro atoms. The molecule has 0 N–H and O–H groups in total. The Bertz CT molecular complexity index is 1000. The Morgan fingerprint density at radius 1 is 0.944 bits per heavy atom. The Labute approximate surface area is 221 Å². The molecule has 5 rings (SSSR count). The molecule has 5 nitrogen and oxygen atoms in total. The third-order valence-corrected chi connectivity index (χ3v) is 9.19. The highest BCUT2D eigenvalue weighted by Crippen LogP contribution is 2.50. The van der Waals surface area contributed by atoms with Crippen molar-refractivity contribution in [2.45, 2.75) is 43.9 Å². The zero-order chi connectivity index (χ0) is 25.0. The smallest absolute Gasteiger partial charge is 0.146 e. The van der Waals surface area contributed by atoms with E-state index in [1.165, 1.54) is 55.7 Å². The van der Waals surface area contributed by atoms with E-state index in [0.29, 0.717) is 11.8 Å². The highest BCUT2D eigenvalue weighted by atomic mass is 32.2. The van der Waals surface area contributed by atoms with Crippen LogP contribution in [-0.2, 0) is 5.41 Å². The largest absolute Gasteiger partial charge is 0.409 e. The first-order valence-electron chi connectivity index (χ1n) is 13.6.